The largest absolute Gasteiger partial charge is 0.343 e. The van der Waals surface area contributed by atoms with Crippen molar-refractivity contribution >= 4 is 22.5 Å². The van der Waals surface area contributed by atoms with Gasteiger partial charge in [0, 0.05) is 51.6 Å². The smallest absolute Gasteiger partial charge is 0.219 e. The number of benzene rings is 3. The van der Waals surface area contributed by atoms with Gasteiger partial charge in [0.15, 0.2) is 5.78 Å². The molecule has 2 heterocycles. The highest BCUT2D eigenvalue weighted by atomic mass is 16.2. The van der Waals surface area contributed by atoms with Crippen LogP contribution in [0.2, 0.25) is 0 Å². The Morgan fingerprint density at radius 1 is 0.829 bits per heavy atom. The number of likely N-dealkylation sites (tertiary alicyclic amines) is 1. The highest BCUT2D eigenvalue weighted by Crippen LogP contribution is 2.25. The van der Waals surface area contributed by atoms with Gasteiger partial charge in [-0.15, -0.1) is 0 Å². The summed E-state index contributed by atoms with van der Waals surface area (Å²) in [6, 6.07) is 21.7. The predicted molar refractivity (Wildman–Crippen MR) is 142 cm³/mol. The van der Waals surface area contributed by atoms with Crippen LogP contribution >= 0.6 is 0 Å². The molecule has 1 amide bonds. The van der Waals surface area contributed by atoms with Gasteiger partial charge in [0.25, 0.3) is 0 Å². The van der Waals surface area contributed by atoms with E-state index in [1.807, 2.05) is 11.0 Å². The minimum Gasteiger partial charge on any atom is -0.343 e. The average Bonchev–Trinajstić information content (AvgIpc) is 3.09. The number of Topliss-reactive ketones (excluding diaryl/α,β-unsaturated/α-hetero) is 1. The monoisotopic (exact) mass is 468 g/mol. The zero-order valence-corrected chi connectivity index (χ0v) is 20.8. The maximum Gasteiger partial charge on any atom is 0.219 e. The van der Waals surface area contributed by atoms with Gasteiger partial charge in [0.2, 0.25) is 5.91 Å². The van der Waals surface area contributed by atoms with E-state index in [0.717, 1.165) is 70.4 Å². The topological polar surface area (TPSA) is 40.6 Å². The van der Waals surface area contributed by atoms with Crippen LogP contribution in [-0.2, 0) is 24.2 Å². The van der Waals surface area contributed by atoms with Crippen molar-refractivity contribution < 1.29 is 9.59 Å². The summed E-state index contributed by atoms with van der Waals surface area (Å²) in [4.78, 5) is 29.0. The van der Waals surface area contributed by atoms with Gasteiger partial charge < -0.3 is 4.90 Å². The first kappa shape index (κ1) is 23.7. The molecule has 0 saturated carbocycles. The van der Waals surface area contributed by atoms with Crippen molar-refractivity contribution in [3.63, 3.8) is 0 Å². The molecule has 4 heteroatoms. The molecule has 5 rings (SSSR count). The fraction of sp³-hybridized carbons (Fsp3) is 0.419. The van der Waals surface area contributed by atoms with E-state index in [1.54, 1.807) is 6.92 Å². The maximum absolute atomic E-state index is 13.0. The highest BCUT2D eigenvalue weighted by Gasteiger charge is 2.22. The third kappa shape index (κ3) is 5.82. The summed E-state index contributed by atoms with van der Waals surface area (Å²) in [6.45, 7) is 6.35. The van der Waals surface area contributed by atoms with Crippen LogP contribution in [0.3, 0.4) is 0 Å². The Bertz CT molecular complexity index is 1210. The molecule has 0 spiro atoms. The second-order valence-corrected chi connectivity index (χ2v) is 10.4. The van der Waals surface area contributed by atoms with Crippen molar-refractivity contribution in [3.8, 4) is 0 Å². The van der Waals surface area contributed by atoms with Crippen LogP contribution in [0, 0.1) is 5.92 Å². The van der Waals surface area contributed by atoms with Gasteiger partial charge in [0.1, 0.15) is 0 Å². The zero-order chi connectivity index (χ0) is 24.2. The minimum absolute atomic E-state index is 0.167. The van der Waals surface area contributed by atoms with Crippen molar-refractivity contribution in [2.45, 2.75) is 52.0 Å². The van der Waals surface area contributed by atoms with E-state index in [9.17, 15) is 9.59 Å². The Kier molecular flexibility index (Phi) is 7.29. The number of amides is 1. The first-order chi connectivity index (χ1) is 17.0. The quantitative estimate of drug-likeness (QED) is 0.438. The fourth-order valence-electron chi connectivity index (χ4n) is 5.71. The Hall–Kier alpha value is -2.98. The van der Waals surface area contributed by atoms with Crippen LogP contribution in [0.5, 0.6) is 0 Å². The van der Waals surface area contributed by atoms with E-state index in [1.165, 1.54) is 27.5 Å². The molecule has 3 aromatic rings. The minimum atomic E-state index is 0.167. The number of nitrogens with zero attached hydrogens (tertiary/aromatic N) is 2. The molecule has 35 heavy (non-hydrogen) atoms. The zero-order valence-electron chi connectivity index (χ0n) is 20.8. The van der Waals surface area contributed by atoms with Gasteiger partial charge in [-0.1, -0.05) is 48.5 Å². The molecule has 0 aromatic heterocycles. The van der Waals surface area contributed by atoms with Gasteiger partial charge in [0.05, 0.1) is 0 Å². The molecule has 0 radical (unpaired) electrons. The molecule has 1 fully saturated rings. The third-order valence-corrected chi connectivity index (χ3v) is 7.98. The van der Waals surface area contributed by atoms with E-state index >= 15 is 0 Å². The van der Waals surface area contributed by atoms with Crippen LogP contribution in [0.4, 0.5) is 0 Å². The summed E-state index contributed by atoms with van der Waals surface area (Å²) in [7, 11) is 0. The van der Waals surface area contributed by atoms with Crippen molar-refractivity contribution in [1.29, 1.82) is 0 Å². The molecule has 0 unspecified atom stereocenters. The van der Waals surface area contributed by atoms with E-state index in [-0.39, 0.29) is 11.7 Å². The number of rotatable bonds is 6. The molecule has 0 N–H and O–H groups in total. The number of fused-ring (bicyclic) bond motifs is 2. The molecule has 2 aliphatic rings. The first-order valence-corrected chi connectivity index (χ1v) is 13.2. The summed E-state index contributed by atoms with van der Waals surface area (Å²) in [5.41, 5.74) is 4.96. The normalized spacial score (nSPS) is 17.2. The van der Waals surface area contributed by atoms with Gasteiger partial charge in [-0.2, -0.15) is 0 Å². The van der Waals surface area contributed by atoms with Crippen LogP contribution in [0.15, 0.2) is 60.7 Å². The molecule has 182 valence electrons. The number of hydrogen-bond donors (Lipinski definition) is 0. The van der Waals surface area contributed by atoms with Crippen molar-refractivity contribution in [2.24, 2.45) is 5.92 Å². The molecule has 4 nitrogen and oxygen atoms in total. The summed E-state index contributed by atoms with van der Waals surface area (Å²) in [6.07, 6.45) is 5.60. The molecule has 0 aliphatic carbocycles. The second-order valence-electron chi connectivity index (χ2n) is 10.4. The van der Waals surface area contributed by atoms with Gasteiger partial charge in [-0.3, -0.25) is 14.5 Å². The SMILES string of the molecule is CC(=O)N1CCC(CCC(=O)c2ccc3c(c2)CCN(Cc2ccc4ccccc4c2)CC3)CC1. The first-order valence-electron chi connectivity index (χ1n) is 13.2. The predicted octanol–water partition coefficient (Wildman–Crippen LogP) is 5.66. The van der Waals surface area contributed by atoms with Crippen LogP contribution in [0.25, 0.3) is 10.8 Å². The van der Waals surface area contributed by atoms with Crippen LogP contribution < -0.4 is 0 Å². The van der Waals surface area contributed by atoms with Crippen molar-refractivity contribution in [2.75, 3.05) is 26.2 Å². The fourth-order valence-corrected chi connectivity index (χ4v) is 5.71. The molecular weight excluding hydrogens is 432 g/mol. The molecule has 3 aromatic carbocycles. The standard InChI is InChI=1S/C31H36N2O2/c1-23(34)33-18-12-24(13-19-33)7-11-31(35)30-10-9-27-14-16-32(17-15-29(27)21-30)22-25-6-8-26-4-2-3-5-28(26)20-25/h2-6,8-10,20-21,24H,7,11-19,22H2,1H3. The van der Waals surface area contributed by atoms with Gasteiger partial charge in [-0.05, 0) is 77.6 Å². The summed E-state index contributed by atoms with van der Waals surface area (Å²) < 4.78 is 0. The van der Waals surface area contributed by atoms with Crippen LogP contribution in [0.1, 0.15) is 59.7 Å². The lowest BCUT2D eigenvalue weighted by Crippen LogP contribution is -2.37. The number of carbonyl (C=O) groups is 2. The molecule has 2 aliphatic heterocycles. The van der Waals surface area contributed by atoms with Gasteiger partial charge >= 0.3 is 0 Å². The van der Waals surface area contributed by atoms with Crippen molar-refractivity contribution in [3.05, 3.63) is 82.9 Å². The molecule has 0 bridgehead atoms. The lowest BCUT2D eigenvalue weighted by atomic mass is 9.89. The maximum atomic E-state index is 13.0. The molecule has 1 saturated heterocycles. The van der Waals surface area contributed by atoms with Gasteiger partial charge in [-0.25, -0.2) is 0 Å². The van der Waals surface area contributed by atoms with Crippen molar-refractivity contribution in [1.82, 2.24) is 9.80 Å². The average molecular weight is 469 g/mol. The lowest BCUT2D eigenvalue weighted by Gasteiger charge is -2.31. The summed E-state index contributed by atoms with van der Waals surface area (Å²) >= 11 is 0. The second kappa shape index (κ2) is 10.7. The Labute approximate surface area is 208 Å². The molecule has 0 atom stereocenters. The highest BCUT2D eigenvalue weighted by molar-refractivity contribution is 5.96. The Morgan fingerprint density at radius 3 is 2.34 bits per heavy atom. The lowest BCUT2D eigenvalue weighted by molar-refractivity contribution is -0.130. The van der Waals surface area contributed by atoms with E-state index in [4.69, 9.17) is 0 Å². The number of piperidine rings is 1. The number of ketones is 1. The third-order valence-electron chi connectivity index (χ3n) is 7.98. The Morgan fingerprint density at radius 2 is 1.57 bits per heavy atom. The Balaban J connectivity index is 1.16. The summed E-state index contributed by atoms with van der Waals surface area (Å²) in [5.74, 6) is 0.985. The summed E-state index contributed by atoms with van der Waals surface area (Å²) in [5, 5.41) is 2.59. The van der Waals surface area contributed by atoms with Crippen LogP contribution in [-0.4, -0.2) is 47.7 Å². The van der Waals surface area contributed by atoms with E-state index in [2.05, 4.69) is 59.5 Å². The van der Waals surface area contributed by atoms with E-state index in [0.29, 0.717) is 12.3 Å². The number of hydrogen-bond acceptors (Lipinski definition) is 3. The molecular formula is C31H36N2O2. The number of carbonyl (C=O) groups excluding carboxylic acids is 2. The van der Waals surface area contributed by atoms with E-state index < -0.39 is 0 Å².